The molecule has 0 spiro atoms. The van der Waals surface area contributed by atoms with Gasteiger partial charge in [0.25, 0.3) is 0 Å². The number of ether oxygens (including phenoxy) is 4. The molecule has 0 aliphatic rings. The van der Waals surface area contributed by atoms with Crippen LogP contribution < -0.4 is 53.3 Å². The summed E-state index contributed by atoms with van der Waals surface area (Å²) in [5.74, 6) is 7.16. The lowest BCUT2D eigenvalue weighted by atomic mass is 9.71. The number of rotatable bonds is 27. The molecule has 12 N–H and O–H groups in total. The normalized spacial score (nSPS) is 11.7. The van der Waals surface area contributed by atoms with Crippen LogP contribution >= 0.6 is 21.6 Å². The molecular formula is C127H142N6O6S3. The molecular weight excluding hydrogens is 1800 g/mol. The number of hydrogen-bond donors (Lipinski definition) is 6. The minimum Gasteiger partial charge on any atom is -0.457 e. The molecule has 142 heavy (non-hydrogen) atoms. The Morgan fingerprint density at radius 1 is 0.218 bits per heavy atom. The third-order valence-corrected chi connectivity index (χ3v) is 30.9. The molecule has 16 aromatic rings. The monoisotopic (exact) mass is 1940 g/mol. The highest BCUT2D eigenvalue weighted by atomic mass is 33.1. The summed E-state index contributed by atoms with van der Waals surface area (Å²) < 4.78 is 49.3. The fourth-order valence-electron chi connectivity index (χ4n) is 16.8. The molecule has 16 rings (SSSR count). The topological polar surface area (TPSA) is 227 Å². The van der Waals surface area contributed by atoms with Crippen molar-refractivity contribution in [2.75, 3.05) is 34.4 Å². The van der Waals surface area contributed by atoms with E-state index in [2.05, 4.69) is 303 Å². The van der Waals surface area contributed by atoms with Gasteiger partial charge in [0.1, 0.15) is 46.0 Å². The van der Waals surface area contributed by atoms with Gasteiger partial charge in [0.15, 0.2) is 0 Å². The Bertz CT molecular complexity index is 6480. The number of aryl methyl sites for hydroxylation is 4. The molecule has 15 heteroatoms. The van der Waals surface area contributed by atoms with Crippen LogP contribution in [0, 0.1) is 27.7 Å². The highest BCUT2D eigenvalue weighted by Gasteiger charge is 2.33. The van der Waals surface area contributed by atoms with Crippen molar-refractivity contribution >= 4 is 65.5 Å². The number of anilines is 6. The molecule has 16 aromatic carbocycles. The molecule has 0 heterocycles. The number of sulfone groups is 1. The molecule has 0 amide bonds. The zero-order valence-electron chi connectivity index (χ0n) is 86.6. The molecule has 734 valence electrons. The summed E-state index contributed by atoms with van der Waals surface area (Å²) in [6, 6.07) is 120. The first-order valence-corrected chi connectivity index (χ1v) is 52.4. The number of nitrogens with two attached hydrogens (primary N) is 6. The van der Waals surface area contributed by atoms with E-state index in [0.717, 1.165) is 57.0 Å². The maximum Gasteiger partial charge on any atom is 0.206 e. The van der Waals surface area contributed by atoms with E-state index in [-0.39, 0.29) is 36.9 Å². The number of hydrogen-bond acceptors (Lipinski definition) is 14. The number of benzene rings is 16. The zero-order chi connectivity index (χ0) is 103. The van der Waals surface area contributed by atoms with E-state index in [1.54, 1.807) is 70.1 Å². The number of nitrogen functional groups attached to an aromatic ring is 6. The van der Waals surface area contributed by atoms with Crippen LogP contribution in [-0.4, -0.2) is 8.42 Å². The average Bonchev–Trinajstić information content (AvgIpc) is 0.758. The zero-order valence-corrected chi connectivity index (χ0v) is 89.0. The summed E-state index contributed by atoms with van der Waals surface area (Å²) in [4.78, 5) is 2.87. The van der Waals surface area contributed by atoms with E-state index in [1.807, 2.05) is 140 Å². The van der Waals surface area contributed by atoms with Crippen LogP contribution in [0.4, 0.5) is 34.1 Å². The van der Waals surface area contributed by atoms with Crippen LogP contribution in [0.25, 0.3) is 0 Å². The summed E-state index contributed by atoms with van der Waals surface area (Å²) in [6.07, 6.45) is 0. The van der Waals surface area contributed by atoms with Crippen molar-refractivity contribution in [2.45, 2.75) is 223 Å². The van der Waals surface area contributed by atoms with Gasteiger partial charge in [0, 0.05) is 71.0 Å². The van der Waals surface area contributed by atoms with E-state index < -0.39 is 9.84 Å². The maximum absolute atomic E-state index is 13.0. The summed E-state index contributed by atoms with van der Waals surface area (Å²) in [5.41, 5.74) is 63.4. The van der Waals surface area contributed by atoms with Crippen molar-refractivity contribution in [3.8, 4) is 46.0 Å². The third kappa shape index (κ3) is 27.7. The Kier molecular flexibility index (Phi) is 35.2. The SMILES string of the molecule is CC(C)c1cc(C(C)(C)c2cccc(C(C)(C)c3cc(C(C)C)c(N)c(C(C)C)c3)c2)cc(C(C)C)c1N.Cc1ccc(C(C)(C)c2cccc(C(C)(C)c3ccc(N)cc3)c2)cc1.Cc1ccc(Oc2ccc(C(C)(C)c3ccc(Oc4ccc(N)cc4)cc3)cc2)cc1.Cc1ccc(Oc2ccc(S(=O)(=O)c3ccc(Oc4ccc(N)cc4)cc3)cc2)cc1.Cc1ccc(SSc2ccc(N)cc2)cc1. The molecule has 0 fully saturated rings. The quantitative estimate of drug-likeness (QED) is 0.0208. The average molecular weight is 1940 g/mol. The van der Waals surface area contributed by atoms with Crippen LogP contribution in [0.1, 0.15) is 248 Å². The molecule has 0 unspecified atom stereocenters. The molecule has 0 atom stereocenters. The van der Waals surface area contributed by atoms with Gasteiger partial charge in [0.2, 0.25) is 9.84 Å². The molecule has 0 saturated heterocycles. The predicted molar refractivity (Wildman–Crippen MR) is 603 cm³/mol. The van der Waals surface area contributed by atoms with Crippen molar-refractivity contribution in [1.82, 2.24) is 0 Å². The van der Waals surface area contributed by atoms with Gasteiger partial charge >= 0.3 is 0 Å². The molecule has 0 aliphatic heterocycles. The van der Waals surface area contributed by atoms with Crippen molar-refractivity contribution in [3.63, 3.8) is 0 Å². The lowest BCUT2D eigenvalue weighted by Gasteiger charge is -2.33. The summed E-state index contributed by atoms with van der Waals surface area (Å²) in [5, 5.41) is 0. The van der Waals surface area contributed by atoms with Crippen LogP contribution in [-0.2, 0) is 36.9 Å². The van der Waals surface area contributed by atoms with Gasteiger partial charge < -0.3 is 53.3 Å². The highest BCUT2D eigenvalue weighted by Crippen LogP contribution is 2.46. The largest absolute Gasteiger partial charge is 0.457 e. The summed E-state index contributed by atoms with van der Waals surface area (Å²) in [6.45, 7) is 49.1. The predicted octanol–water partition coefficient (Wildman–Crippen LogP) is 34.1. The summed E-state index contributed by atoms with van der Waals surface area (Å²) in [7, 11) is -0.144. The second-order valence-electron chi connectivity index (χ2n) is 40.7. The van der Waals surface area contributed by atoms with Crippen LogP contribution in [0.5, 0.6) is 46.0 Å². The van der Waals surface area contributed by atoms with Crippen LogP contribution in [0.15, 0.2) is 384 Å². The van der Waals surface area contributed by atoms with Gasteiger partial charge in [-0.15, -0.1) is 0 Å². The first-order chi connectivity index (χ1) is 67.2. The van der Waals surface area contributed by atoms with Gasteiger partial charge in [-0.05, 0) is 323 Å². The minimum absolute atomic E-state index is 0.0408. The maximum atomic E-state index is 13.0. The fraction of sp³-hybridized carbons (Fsp3) is 0.244. The van der Waals surface area contributed by atoms with E-state index in [9.17, 15) is 8.42 Å². The fourth-order valence-corrected chi connectivity index (χ4v) is 19.9. The lowest BCUT2D eigenvalue weighted by molar-refractivity contribution is 0.481. The molecule has 0 saturated carbocycles. The van der Waals surface area contributed by atoms with Gasteiger partial charge in [0.05, 0.1) is 9.79 Å². The van der Waals surface area contributed by atoms with Gasteiger partial charge in [-0.25, -0.2) is 8.42 Å². The van der Waals surface area contributed by atoms with Crippen molar-refractivity contribution in [2.24, 2.45) is 0 Å². The first-order valence-electron chi connectivity index (χ1n) is 48.8. The first kappa shape index (κ1) is 107. The van der Waals surface area contributed by atoms with Crippen molar-refractivity contribution < 1.29 is 27.4 Å². The van der Waals surface area contributed by atoms with Crippen LogP contribution in [0.3, 0.4) is 0 Å². The van der Waals surface area contributed by atoms with E-state index in [4.69, 9.17) is 53.3 Å². The van der Waals surface area contributed by atoms with Gasteiger partial charge in [-0.2, -0.15) is 0 Å². The van der Waals surface area contributed by atoms with Crippen molar-refractivity contribution in [1.29, 1.82) is 0 Å². The molecule has 0 aromatic heterocycles. The van der Waals surface area contributed by atoms with Gasteiger partial charge in [-0.3, -0.25) is 0 Å². The third-order valence-electron chi connectivity index (χ3n) is 26.7. The Morgan fingerprint density at radius 3 is 0.648 bits per heavy atom. The van der Waals surface area contributed by atoms with Crippen molar-refractivity contribution in [3.05, 3.63) is 464 Å². The second kappa shape index (κ2) is 46.7. The second-order valence-corrected chi connectivity index (χ2v) is 45.0. The summed E-state index contributed by atoms with van der Waals surface area (Å²) >= 11 is 0. The standard InChI is InChI=1S/C36H52N2.C28H27NO2.C25H21NO4S.C25H29N.C13H13NS2/c1-21(2)29-17-27(18-30(22(3)4)33(29)37)35(9,10)25-14-13-15-26(16-25)36(11,12)28-19-31(23(5)6)34(38)32(20-28)24(7)8;1-20-4-12-24(13-5-20)30-25-14-6-21(7-15-25)28(2,3)22-8-16-26(17-9-22)31-27-18-10-23(29)11-19-27;1-18-2-6-20(7-3-18)29-22-10-14-24(15-11-22)31(27,28)25-16-12-23(13-17-25)30-21-8-4-19(26)5-9-21;1-18-9-11-19(12-10-18)24(2,3)21-7-6-8-22(17-21)25(4,5)20-13-15-23(26)16-14-20;1-10-2-6-12(7-3-10)15-16-13-8-4-11(14)5-9-13/h13-24H,37-38H2,1-12H3;4-19H,29H2,1-3H3;2-17H,26H2,1H3;6-17H,26H2,1-5H3;2-9H,14H2,1H3. The molecule has 12 nitrogen and oxygen atoms in total. The highest BCUT2D eigenvalue weighted by molar-refractivity contribution is 8.76. The van der Waals surface area contributed by atoms with Gasteiger partial charge in [-0.1, -0.05) is 338 Å². The Balaban J connectivity index is 0.000000162. The lowest BCUT2D eigenvalue weighted by Crippen LogP contribution is -2.24. The molecule has 0 bridgehead atoms. The molecule has 0 aliphatic carbocycles. The van der Waals surface area contributed by atoms with E-state index in [1.165, 1.54) is 129 Å². The Labute approximate surface area is 853 Å². The van der Waals surface area contributed by atoms with E-state index >= 15 is 0 Å². The smallest absolute Gasteiger partial charge is 0.206 e. The molecule has 0 radical (unpaired) electrons. The Morgan fingerprint density at radius 2 is 0.394 bits per heavy atom. The van der Waals surface area contributed by atoms with Crippen LogP contribution in [0.2, 0.25) is 0 Å². The van der Waals surface area contributed by atoms with E-state index in [0.29, 0.717) is 52.4 Å². The minimum atomic E-state index is -3.66. The Hall–Kier alpha value is -13.8.